The van der Waals surface area contributed by atoms with Gasteiger partial charge in [-0.1, -0.05) is 66.7 Å². The SMILES string of the molecule is N#Cc1ccccc1CC1(O)CC2CCC(C1)N2C(=O)OCC1c2ccccc2-c2ccccc21. The second-order valence-electron chi connectivity index (χ2n) is 10.2. The number of hydrogen-bond acceptors (Lipinski definition) is 4. The molecule has 1 amide bonds. The molecule has 3 aliphatic rings. The maximum absolute atomic E-state index is 13.3. The van der Waals surface area contributed by atoms with Gasteiger partial charge in [0.25, 0.3) is 0 Å². The van der Waals surface area contributed by atoms with Gasteiger partial charge in [-0.25, -0.2) is 4.79 Å². The Bertz CT molecular complexity index is 1270. The molecule has 0 radical (unpaired) electrons. The summed E-state index contributed by atoms with van der Waals surface area (Å²) in [5, 5.41) is 20.9. The van der Waals surface area contributed by atoms with Crippen LogP contribution >= 0.6 is 0 Å². The van der Waals surface area contributed by atoms with Crippen LogP contribution in [0.5, 0.6) is 0 Å². The first-order valence-electron chi connectivity index (χ1n) is 12.4. The van der Waals surface area contributed by atoms with Crippen molar-refractivity contribution in [1.29, 1.82) is 5.26 Å². The number of rotatable bonds is 4. The van der Waals surface area contributed by atoms with Crippen molar-refractivity contribution in [2.75, 3.05) is 6.61 Å². The van der Waals surface area contributed by atoms with E-state index < -0.39 is 5.60 Å². The second-order valence-corrected chi connectivity index (χ2v) is 10.2. The van der Waals surface area contributed by atoms with Gasteiger partial charge in [0.05, 0.1) is 17.2 Å². The highest BCUT2D eigenvalue weighted by Crippen LogP contribution is 2.46. The molecule has 2 fully saturated rings. The zero-order chi connectivity index (χ0) is 24.0. The molecule has 35 heavy (non-hydrogen) atoms. The van der Waals surface area contributed by atoms with Crippen LogP contribution in [0.15, 0.2) is 72.8 Å². The van der Waals surface area contributed by atoms with Crippen LogP contribution in [0.1, 0.15) is 53.9 Å². The number of aliphatic hydroxyl groups is 1. The fourth-order valence-electron chi connectivity index (χ4n) is 6.57. The predicted octanol–water partition coefficient (Wildman–Crippen LogP) is 5.41. The van der Waals surface area contributed by atoms with Crippen LogP contribution in [-0.2, 0) is 11.2 Å². The fourth-order valence-corrected chi connectivity index (χ4v) is 6.57. The van der Waals surface area contributed by atoms with Crippen molar-refractivity contribution in [3.05, 3.63) is 95.1 Å². The van der Waals surface area contributed by atoms with Crippen molar-refractivity contribution in [2.24, 2.45) is 0 Å². The summed E-state index contributed by atoms with van der Waals surface area (Å²) >= 11 is 0. The number of benzene rings is 3. The molecule has 5 heteroatoms. The van der Waals surface area contributed by atoms with E-state index in [-0.39, 0.29) is 24.1 Å². The highest BCUT2D eigenvalue weighted by atomic mass is 16.6. The Morgan fingerprint density at radius 2 is 1.51 bits per heavy atom. The first-order chi connectivity index (χ1) is 17.1. The van der Waals surface area contributed by atoms with Gasteiger partial charge in [0.1, 0.15) is 6.61 Å². The smallest absolute Gasteiger partial charge is 0.410 e. The van der Waals surface area contributed by atoms with Crippen LogP contribution in [-0.4, -0.2) is 40.4 Å². The van der Waals surface area contributed by atoms with Crippen LogP contribution in [0, 0.1) is 11.3 Å². The number of fused-ring (bicyclic) bond motifs is 5. The Kier molecular flexibility index (Phi) is 5.35. The molecule has 3 aromatic rings. The Labute approximate surface area is 205 Å². The van der Waals surface area contributed by atoms with Crippen molar-refractivity contribution in [1.82, 2.24) is 4.90 Å². The van der Waals surface area contributed by atoms with Crippen molar-refractivity contribution in [3.63, 3.8) is 0 Å². The molecule has 1 N–H and O–H groups in total. The average Bonchev–Trinajstić information content (AvgIpc) is 3.35. The lowest BCUT2D eigenvalue weighted by Gasteiger charge is -2.43. The summed E-state index contributed by atoms with van der Waals surface area (Å²) in [5.74, 6) is 0.0354. The number of carbonyl (C=O) groups is 1. The van der Waals surface area contributed by atoms with Crippen LogP contribution in [0.3, 0.4) is 0 Å². The fraction of sp³-hybridized carbons (Fsp3) is 0.333. The third-order valence-corrected chi connectivity index (χ3v) is 8.06. The molecule has 0 spiro atoms. The summed E-state index contributed by atoms with van der Waals surface area (Å²) < 4.78 is 5.95. The van der Waals surface area contributed by atoms with E-state index in [1.807, 2.05) is 47.4 Å². The predicted molar refractivity (Wildman–Crippen MR) is 133 cm³/mol. The van der Waals surface area contributed by atoms with Crippen LogP contribution in [0.4, 0.5) is 4.79 Å². The standard InChI is InChI=1S/C30H28N2O3/c31-18-21-8-2-1-7-20(21)15-30(34)16-22-13-14-23(17-30)32(22)29(33)35-19-28-26-11-5-3-9-24(26)25-10-4-6-12-27(25)28/h1-12,22-23,28,34H,13-17,19H2. The largest absolute Gasteiger partial charge is 0.448 e. The molecule has 176 valence electrons. The van der Waals surface area contributed by atoms with Crippen molar-refractivity contribution in [2.45, 2.75) is 55.7 Å². The van der Waals surface area contributed by atoms with Gasteiger partial charge in [0.15, 0.2) is 0 Å². The molecule has 0 saturated carbocycles. The third kappa shape index (κ3) is 3.79. The molecule has 3 aromatic carbocycles. The zero-order valence-electron chi connectivity index (χ0n) is 19.6. The summed E-state index contributed by atoms with van der Waals surface area (Å²) in [7, 11) is 0. The molecule has 2 atom stereocenters. The van der Waals surface area contributed by atoms with Gasteiger partial charge in [-0.15, -0.1) is 0 Å². The number of nitriles is 1. The number of nitrogens with zero attached hydrogens (tertiary/aromatic N) is 2. The van der Waals surface area contributed by atoms with E-state index >= 15 is 0 Å². The molecule has 5 nitrogen and oxygen atoms in total. The lowest BCUT2D eigenvalue weighted by Crippen LogP contribution is -2.54. The minimum Gasteiger partial charge on any atom is -0.448 e. The van der Waals surface area contributed by atoms with E-state index in [1.54, 1.807) is 6.07 Å². The highest BCUT2D eigenvalue weighted by molar-refractivity contribution is 5.79. The Balaban J connectivity index is 1.16. The highest BCUT2D eigenvalue weighted by Gasteiger charge is 2.50. The Morgan fingerprint density at radius 3 is 2.14 bits per heavy atom. The normalized spacial score (nSPS) is 24.5. The van der Waals surface area contributed by atoms with Gasteiger partial charge < -0.3 is 14.7 Å². The number of ether oxygens (including phenoxy) is 1. The van der Waals surface area contributed by atoms with Gasteiger partial charge in [-0.05, 0) is 59.6 Å². The van der Waals surface area contributed by atoms with Crippen LogP contribution in [0.25, 0.3) is 11.1 Å². The number of piperidine rings is 1. The molecule has 0 aromatic heterocycles. The maximum atomic E-state index is 13.3. The Morgan fingerprint density at radius 1 is 0.943 bits per heavy atom. The van der Waals surface area contributed by atoms with E-state index in [2.05, 4.69) is 30.3 Å². The van der Waals surface area contributed by atoms with Crippen LogP contribution in [0.2, 0.25) is 0 Å². The zero-order valence-corrected chi connectivity index (χ0v) is 19.6. The molecule has 2 aliphatic heterocycles. The van der Waals surface area contributed by atoms with E-state index in [9.17, 15) is 15.2 Å². The second kappa shape index (κ2) is 8.55. The van der Waals surface area contributed by atoms with Gasteiger partial charge in [0.2, 0.25) is 0 Å². The van der Waals surface area contributed by atoms with Crippen molar-refractivity contribution >= 4 is 6.09 Å². The first-order valence-corrected chi connectivity index (χ1v) is 12.4. The number of hydrogen-bond donors (Lipinski definition) is 1. The van der Waals surface area contributed by atoms with Crippen molar-refractivity contribution in [3.8, 4) is 17.2 Å². The maximum Gasteiger partial charge on any atom is 0.410 e. The first kappa shape index (κ1) is 21.9. The Hall–Kier alpha value is -3.62. The summed E-state index contributed by atoms with van der Waals surface area (Å²) in [4.78, 5) is 15.2. The molecule has 2 heterocycles. The van der Waals surface area contributed by atoms with Crippen LogP contribution < -0.4 is 0 Å². The molecular weight excluding hydrogens is 436 g/mol. The average molecular weight is 465 g/mol. The lowest BCUT2D eigenvalue weighted by atomic mass is 9.80. The molecule has 6 rings (SSSR count). The van der Waals surface area contributed by atoms with Gasteiger partial charge in [0, 0.05) is 24.4 Å². The third-order valence-electron chi connectivity index (χ3n) is 8.06. The molecule has 2 bridgehead atoms. The topological polar surface area (TPSA) is 73.6 Å². The molecular formula is C30H28N2O3. The van der Waals surface area contributed by atoms with Gasteiger partial charge >= 0.3 is 6.09 Å². The van der Waals surface area contributed by atoms with E-state index in [4.69, 9.17) is 4.74 Å². The summed E-state index contributed by atoms with van der Waals surface area (Å²) in [6.45, 7) is 0.308. The van der Waals surface area contributed by atoms with Crippen molar-refractivity contribution < 1.29 is 14.6 Å². The number of amides is 1. The van der Waals surface area contributed by atoms with Gasteiger partial charge in [-0.3, -0.25) is 0 Å². The molecule has 1 aliphatic carbocycles. The number of carbonyl (C=O) groups excluding carboxylic acids is 1. The molecule has 2 unspecified atom stereocenters. The van der Waals surface area contributed by atoms with Gasteiger partial charge in [-0.2, -0.15) is 5.26 Å². The summed E-state index contributed by atoms with van der Waals surface area (Å²) in [6, 6.07) is 26.3. The quantitative estimate of drug-likeness (QED) is 0.560. The molecule has 2 saturated heterocycles. The summed E-state index contributed by atoms with van der Waals surface area (Å²) in [6.07, 6.45) is 2.91. The lowest BCUT2D eigenvalue weighted by molar-refractivity contribution is -0.0479. The monoisotopic (exact) mass is 464 g/mol. The minimum atomic E-state index is -0.918. The van der Waals surface area contributed by atoms with E-state index in [0.29, 0.717) is 31.4 Å². The van der Waals surface area contributed by atoms with E-state index in [0.717, 1.165) is 18.4 Å². The van der Waals surface area contributed by atoms with E-state index in [1.165, 1.54) is 22.3 Å². The minimum absolute atomic E-state index is 0.0354. The summed E-state index contributed by atoms with van der Waals surface area (Å²) in [5.41, 5.74) is 5.38.